The molecule has 20 heavy (non-hydrogen) atoms. The second-order valence-corrected chi connectivity index (χ2v) is 5.71. The highest BCUT2D eigenvalue weighted by molar-refractivity contribution is 7.10. The molecule has 0 unspecified atom stereocenters. The number of anilines is 1. The molecule has 0 radical (unpaired) electrons. The standard InChI is InChI=1S/C17H16N2S/c1-13-7-8-18-11-17(13)19-10-16-9-15(12-20-16)14-5-3-2-4-6-14/h2-9,11-12,19H,10H2,1H3. The molecule has 0 saturated heterocycles. The molecule has 1 aromatic carbocycles. The van der Waals surface area contributed by atoms with Crippen LogP contribution in [0.4, 0.5) is 5.69 Å². The Kier molecular flexibility index (Phi) is 3.79. The molecule has 0 fully saturated rings. The Morgan fingerprint density at radius 1 is 1.10 bits per heavy atom. The Balaban J connectivity index is 1.71. The Bertz CT molecular complexity index is 689. The van der Waals surface area contributed by atoms with Crippen LogP contribution in [0.1, 0.15) is 10.4 Å². The maximum absolute atomic E-state index is 4.15. The van der Waals surface area contributed by atoms with E-state index in [0.717, 1.165) is 12.2 Å². The van der Waals surface area contributed by atoms with Gasteiger partial charge in [0.25, 0.3) is 0 Å². The molecule has 3 rings (SSSR count). The Hall–Kier alpha value is -2.13. The summed E-state index contributed by atoms with van der Waals surface area (Å²) >= 11 is 1.79. The molecule has 0 atom stereocenters. The zero-order valence-corrected chi connectivity index (χ0v) is 12.2. The number of pyridine rings is 1. The number of aromatic nitrogens is 1. The van der Waals surface area contributed by atoms with Crippen LogP contribution in [0.2, 0.25) is 0 Å². The van der Waals surface area contributed by atoms with Crippen LogP contribution < -0.4 is 5.32 Å². The minimum absolute atomic E-state index is 0.837. The van der Waals surface area contributed by atoms with E-state index >= 15 is 0 Å². The van der Waals surface area contributed by atoms with Gasteiger partial charge in [-0.3, -0.25) is 4.98 Å². The van der Waals surface area contributed by atoms with Crippen molar-refractivity contribution in [1.82, 2.24) is 4.98 Å². The number of aryl methyl sites for hydroxylation is 1. The van der Waals surface area contributed by atoms with Gasteiger partial charge in [0.15, 0.2) is 0 Å². The largest absolute Gasteiger partial charge is 0.379 e. The minimum Gasteiger partial charge on any atom is -0.379 e. The topological polar surface area (TPSA) is 24.9 Å². The minimum atomic E-state index is 0.837. The molecule has 3 aromatic rings. The second-order valence-electron chi connectivity index (χ2n) is 4.71. The number of thiophene rings is 1. The monoisotopic (exact) mass is 280 g/mol. The first-order valence-electron chi connectivity index (χ1n) is 6.60. The van der Waals surface area contributed by atoms with Gasteiger partial charge < -0.3 is 5.32 Å². The summed E-state index contributed by atoms with van der Waals surface area (Å²) in [6, 6.07) is 14.7. The Morgan fingerprint density at radius 3 is 2.75 bits per heavy atom. The maximum Gasteiger partial charge on any atom is 0.0559 e. The van der Waals surface area contributed by atoms with Crippen LogP contribution >= 0.6 is 11.3 Å². The maximum atomic E-state index is 4.15. The van der Waals surface area contributed by atoms with Gasteiger partial charge >= 0.3 is 0 Å². The smallest absolute Gasteiger partial charge is 0.0559 e. The lowest BCUT2D eigenvalue weighted by atomic mass is 10.1. The second kappa shape index (κ2) is 5.88. The van der Waals surface area contributed by atoms with E-state index in [4.69, 9.17) is 0 Å². The van der Waals surface area contributed by atoms with Crippen molar-refractivity contribution in [2.75, 3.05) is 5.32 Å². The third kappa shape index (κ3) is 2.89. The molecule has 2 aromatic heterocycles. The summed E-state index contributed by atoms with van der Waals surface area (Å²) in [5.74, 6) is 0. The Morgan fingerprint density at radius 2 is 1.95 bits per heavy atom. The van der Waals surface area contributed by atoms with Crippen LogP contribution in [0.3, 0.4) is 0 Å². The third-order valence-electron chi connectivity index (χ3n) is 3.25. The number of rotatable bonds is 4. The summed E-state index contributed by atoms with van der Waals surface area (Å²) in [5.41, 5.74) is 4.88. The predicted octanol–water partition coefficient (Wildman–Crippen LogP) is 4.73. The van der Waals surface area contributed by atoms with Crippen molar-refractivity contribution in [1.29, 1.82) is 0 Å². The van der Waals surface area contributed by atoms with Crippen molar-refractivity contribution in [2.24, 2.45) is 0 Å². The molecule has 0 bridgehead atoms. The summed E-state index contributed by atoms with van der Waals surface area (Å²) in [5, 5.41) is 5.65. The SMILES string of the molecule is Cc1ccncc1NCc1cc(-c2ccccc2)cs1. The predicted molar refractivity (Wildman–Crippen MR) is 86.1 cm³/mol. The number of nitrogens with zero attached hydrogens (tertiary/aromatic N) is 1. The van der Waals surface area contributed by atoms with E-state index in [1.54, 1.807) is 11.3 Å². The highest BCUT2D eigenvalue weighted by Crippen LogP contribution is 2.26. The van der Waals surface area contributed by atoms with Crippen molar-refractivity contribution in [3.05, 3.63) is 70.7 Å². The fraction of sp³-hybridized carbons (Fsp3) is 0.118. The number of nitrogens with one attached hydrogen (secondary N) is 1. The highest BCUT2D eigenvalue weighted by Gasteiger charge is 2.03. The van der Waals surface area contributed by atoms with Crippen LogP contribution in [0, 0.1) is 6.92 Å². The first kappa shape index (κ1) is 12.9. The lowest BCUT2D eigenvalue weighted by Crippen LogP contribution is -1.99. The number of benzene rings is 1. The van der Waals surface area contributed by atoms with E-state index in [1.165, 1.54) is 21.6 Å². The van der Waals surface area contributed by atoms with E-state index < -0.39 is 0 Å². The van der Waals surface area contributed by atoms with Gasteiger partial charge in [0.2, 0.25) is 0 Å². The summed E-state index contributed by atoms with van der Waals surface area (Å²) in [6.07, 6.45) is 3.69. The van der Waals surface area contributed by atoms with E-state index in [1.807, 2.05) is 24.5 Å². The molecule has 2 heterocycles. The molecule has 3 heteroatoms. The van der Waals surface area contributed by atoms with E-state index in [2.05, 4.69) is 52.9 Å². The normalized spacial score (nSPS) is 10.4. The highest BCUT2D eigenvalue weighted by atomic mass is 32.1. The molecule has 0 spiro atoms. The zero-order chi connectivity index (χ0) is 13.8. The first-order valence-corrected chi connectivity index (χ1v) is 7.48. The molecular weight excluding hydrogens is 264 g/mol. The van der Waals surface area contributed by atoms with Gasteiger partial charge in [-0.2, -0.15) is 0 Å². The molecule has 100 valence electrons. The van der Waals surface area contributed by atoms with Gasteiger partial charge in [0, 0.05) is 17.6 Å². The molecule has 0 aliphatic heterocycles. The fourth-order valence-electron chi connectivity index (χ4n) is 2.09. The van der Waals surface area contributed by atoms with Crippen molar-refractivity contribution < 1.29 is 0 Å². The van der Waals surface area contributed by atoms with Gasteiger partial charge in [-0.25, -0.2) is 0 Å². The van der Waals surface area contributed by atoms with E-state index in [9.17, 15) is 0 Å². The van der Waals surface area contributed by atoms with Crippen LogP contribution in [0.5, 0.6) is 0 Å². The first-order chi connectivity index (χ1) is 9.83. The van der Waals surface area contributed by atoms with Crippen LogP contribution in [0.15, 0.2) is 60.2 Å². The van der Waals surface area contributed by atoms with Gasteiger partial charge in [-0.15, -0.1) is 11.3 Å². The molecule has 0 aliphatic carbocycles. The summed E-state index contributed by atoms with van der Waals surface area (Å²) < 4.78 is 0. The average molecular weight is 280 g/mol. The van der Waals surface area contributed by atoms with Gasteiger partial charge in [-0.1, -0.05) is 30.3 Å². The van der Waals surface area contributed by atoms with Crippen LogP contribution in [-0.2, 0) is 6.54 Å². The van der Waals surface area contributed by atoms with E-state index in [-0.39, 0.29) is 0 Å². The Labute approximate surface area is 123 Å². The summed E-state index contributed by atoms with van der Waals surface area (Å²) in [6.45, 7) is 2.93. The molecule has 2 nitrogen and oxygen atoms in total. The van der Waals surface area contributed by atoms with Crippen molar-refractivity contribution in [3.63, 3.8) is 0 Å². The van der Waals surface area contributed by atoms with E-state index in [0.29, 0.717) is 0 Å². The van der Waals surface area contributed by atoms with Gasteiger partial charge in [0.05, 0.1) is 11.9 Å². The molecule has 0 aliphatic rings. The van der Waals surface area contributed by atoms with Gasteiger partial charge in [0.1, 0.15) is 0 Å². The van der Waals surface area contributed by atoms with Crippen molar-refractivity contribution >= 4 is 17.0 Å². The number of hydrogen-bond acceptors (Lipinski definition) is 3. The average Bonchev–Trinajstić information content (AvgIpc) is 2.96. The van der Waals surface area contributed by atoms with Crippen LogP contribution in [-0.4, -0.2) is 4.98 Å². The molecule has 1 N–H and O–H groups in total. The quantitative estimate of drug-likeness (QED) is 0.747. The third-order valence-corrected chi connectivity index (χ3v) is 4.19. The molecule has 0 saturated carbocycles. The number of hydrogen-bond donors (Lipinski definition) is 1. The molecular formula is C17H16N2S. The van der Waals surface area contributed by atoms with Crippen molar-refractivity contribution in [2.45, 2.75) is 13.5 Å². The van der Waals surface area contributed by atoms with Crippen molar-refractivity contribution in [3.8, 4) is 11.1 Å². The summed E-state index contributed by atoms with van der Waals surface area (Å²) in [4.78, 5) is 5.48. The summed E-state index contributed by atoms with van der Waals surface area (Å²) in [7, 11) is 0. The molecule has 0 amide bonds. The lowest BCUT2D eigenvalue weighted by Gasteiger charge is -2.06. The van der Waals surface area contributed by atoms with Crippen LogP contribution in [0.25, 0.3) is 11.1 Å². The zero-order valence-electron chi connectivity index (χ0n) is 11.3. The lowest BCUT2D eigenvalue weighted by molar-refractivity contribution is 1.16. The fourth-order valence-corrected chi connectivity index (χ4v) is 2.92. The van der Waals surface area contributed by atoms with Gasteiger partial charge in [-0.05, 0) is 41.1 Å².